The Morgan fingerprint density at radius 3 is 1.89 bits per heavy atom. The average Bonchev–Trinajstić information content (AvgIpc) is 2.21. The van der Waals surface area contributed by atoms with Crippen molar-refractivity contribution in [2.45, 2.75) is 12.8 Å². The van der Waals surface area contributed by atoms with Crippen molar-refractivity contribution in [3.8, 4) is 0 Å². The van der Waals surface area contributed by atoms with Gasteiger partial charge in [0.2, 0.25) is 0 Å². The third-order valence-electron chi connectivity index (χ3n) is 2.85. The van der Waals surface area contributed by atoms with Crippen molar-refractivity contribution >= 4 is 0 Å². The fourth-order valence-corrected chi connectivity index (χ4v) is 2.23. The number of piperidine rings is 1. The Morgan fingerprint density at radius 2 is 1.78 bits per heavy atom. The summed E-state index contributed by atoms with van der Waals surface area (Å²) < 4.78 is 1.39. The van der Waals surface area contributed by atoms with Crippen LogP contribution in [0.3, 0.4) is 0 Å². The minimum atomic E-state index is 0. The summed E-state index contributed by atoms with van der Waals surface area (Å²) in [5.74, 6) is 1.11. The maximum atomic E-state index is 2.40. The molecule has 0 aromatic rings. The Balaban J connectivity index is 0.000000405. The summed E-state index contributed by atoms with van der Waals surface area (Å²) in [7, 11) is 2.40. The second-order valence-electron chi connectivity index (χ2n) is 3.69. The Labute approximate surface area is 67.4 Å². The molecular formula is C7H14BrN. The lowest BCUT2D eigenvalue weighted by Gasteiger charge is -2.25. The second-order valence-corrected chi connectivity index (χ2v) is 3.69. The van der Waals surface area contributed by atoms with Gasteiger partial charge >= 0.3 is 0 Å². The van der Waals surface area contributed by atoms with Gasteiger partial charge in [-0.05, 0) is 0 Å². The van der Waals surface area contributed by atoms with E-state index in [1.165, 1.54) is 37.0 Å². The fraction of sp³-hybridized carbons (Fsp3) is 1.00. The van der Waals surface area contributed by atoms with Gasteiger partial charge < -0.3 is 21.5 Å². The highest BCUT2D eigenvalue weighted by Crippen LogP contribution is 2.32. The molecular weight excluding hydrogens is 178 g/mol. The van der Waals surface area contributed by atoms with E-state index in [1.54, 1.807) is 0 Å². The first-order chi connectivity index (χ1) is 3.79. The van der Waals surface area contributed by atoms with Crippen LogP contribution in [-0.2, 0) is 0 Å². The van der Waals surface area contributed by atoms with E-state index in [9.17, 15) is 0 Å². The van der Waals surface area contributed by atoms with Gasteiger partial charge in [-0.3, -0.25) is 0 Å². The number of hydrogen-bond acceptors (Lipinski definition) is 0. The average molecular weight is 192 g/mol. The zero-order chi connectivity index (χ0) is 5.61. The molecule has 2 heteroatoms. The summed E-state index contributed by atoms with van der Waals surface area (Å²) in [5, 5.41) is 0. The van der Waals surface area contributed by atoms with Crippen molar-refractivity contribution in [2.24, 2.45) is 5.92 Å². The summed E-state index contributed by atoms with van der Waals surface area (Å²) >= 11 is 0. The Hall–Kier alpha value is 0.440. The molecule has 0 aromatic carbocycles. The first-order valence-corrected chi connectivity index (χ1v) is 3.62. The maximum absolute atomic E-state index is 2.40. The van der Waals surface area contributed by atoms with Crippen molar-refractivity contribution in [2.75, 3.05) is 26.7 Å². The molecule has 0 spiro atoms. The van der Waals surface area contributed by atoms with E-state index in [2.05, 4.69) is 7.05 Å². The molecule has 0 amide bonds. The molecule has 2 aliphatic heterocycles. The molecule has 0 saturated carbocycles. The zero-order valence-electron chi connectivity index (χ0n) is 5.94. The normalized spacial score (nSPS) is 47.0. The van der Waals surface area contributed by atoms with Crippen LogP contribution in [-0.4, -0.2) is 31.2 Å². The van der Waals surface area contributed by atoms with Crippen LogP contribution < -0.4 is 17.0 Å². The Morgan fingerprint density at radius 1 is 1.22 bits per heavy atom. The predicted molar refractivity (Wildman–Crippen MR) is 33.5 cm³/mol. The standard InChI is InChI=1S/C7H14N.BrH/c1-8-4-2-7(6-8)3-5-8;/h7H,2-6H2,1H3;1H/q+1;/p-1. The Bertz CT molecular complexity index is 105. The van der Waals surface area contributed by atoms with Crippen molar-refractivity contribution in [1.29, 1.82) is 0 Å². The van der Waals surface area contributed by atoms with Crippen LogP contribution in [0.5, 0.6) is 0 Å². The summed E-state index contributed by atoms with van der Waals surface area (Å²) in [5.41, 5.74) is 0. The molecule has 2 rings (SSSR count). The second kappa shape index (κ2) is 2.24. The SMILES string of the molecule is C[N+]12CCC(CC1)C2.[Br-]. The van der Waals surface area contributed by atoms with Crippen LogP contribution in [0.15, 0.2) is 0 Å². The molecule has 9 heavy (non-hydrogen) atoms. The van der Waals surface area contributed by atoms with Crippen LogP contribution >= 0.6 is 0 Å². The third-order valence-corrected chi connectivity index (χ3v) is 2.85. The smallest absolute Gasteiger partial charge is 0.0817 e. The molecule has 0 N–H and O–H groups in total. The lowest BCUT2D eigenvalue weighted by molar-refractivity contribution is -0.889. The summed E-state index contributed by atoms with van der Waals surface area (Å²) in [6, 6.07) is 0. The molecule has 2 fully saturated rings. The van der Waals surface area contributed by atoms with E-state index < -0.39 is 0 Å². The van der Waals surface area contributed by atoms with Gasteiger partial charge in [0.15, 0.2) is 0 Å². The van der Waals surface area contributed by atoms with Gasteiger partial charge in [0.05, 0.1) is 26.7 Å². The molecule has 2 heterocycles. The number of quaternary nitrogens is 1. The van der Waals surface area contributed by atoms with E-state index >= 15 is 0 Å². The summed E-state index contributed by atoms with van der Waals surface area (Å²) in [4.78, 5) is 0. The molecule has 2 aliphatic rings. The highest BCUT2D eigenvalue weighted by Gasteiger charge is 2.40. The topological polar surface area (TPSA) is 0 Å². The van der Waals surface area contributed by atoms with Gasteiger partial charge in [0, 0.05) is 18.8 Å². The van der Waals surface area contributed by atoms with Gasteiger partial charge in [-0.15, -0.1) is 0 Å². The van der Waals surface area contributed by atoms with Crippen LogP contribution in [0.2, 0.25) is 0 Å². The summed E-state index contributed by atoms with van der Waals surface area (Å²) in [6.07, 6.45) is 3.02. The number of fused-ring (bicyclic) bond motifs is 2. The van der Waals surface area contributed by atoms with E-state index in [4.69, 9.17) is 0 Å². The lowest BCUT2D eigenvalue weighted by Crippen LogP contribution is -3.00. The first-order valence-electron chi connectivity index (χ1n) is 3.62. The first kappa shape index (κ1) is 7.55. The van der Waals surface area contributed by atoms with E-state index in [0.29, 0.717) is 0 Å². The number of nitrogens with zero attached hydrogens (tertiary/aromatic N) is 1. The van der Waals surface area contributed by atoms with Gasteiger partial charge in [-0.25, -0.2) is 0 Å². The van der Waals surface area contributed by atoms with E-state index in [-0.39, 0.29) is 17.0 Å². The van der Waals surface area contributed by atoms with Gasteiger partial charge in [0.25, 0.3) is 0 Å². The predicted octanol–water partition coefficient (Wildman–Crippen LogP) is -2.14. The van der Waals surface area contributed by atoms with Crippen molar-refractivity contribution < 1.29 is 21.5 Å². The number of rotatable bonds is 0. The van der Waals surface area contributed by atoms with Gasteiger partial charge in [0.1, 0.15) is 0 Å². The van der Waals surface area contributed by atoms with Gasteiger partial charge in [-0.2, -0.15) is 0 Å². The van der Waals surface area contributed by atoms with Crippen molar-refractivity contribution in [1.82, 2.24) is 0 Å². The minimum absolute atomic E-state index is 0. The molecule has 2 bridgehead atoms. The van der Waals surface area contributed by atoms with Crippen LogP contribution in [0.4, 0.5) is 0 Å². The molecule has 1 nitrogen and oxygen atoms in total. The molecule has 0 atom stereocenters. The number of halogens is 1. The quantitative estimate of drug-likeness (QED) is 0.384. The maximum Gasteiger partial charge on any atom is 0.0817 e. The molecule has 0 radical (unpaired) electrons. The highest BCUT2D eigenvalue weighted by atomic mass is 79.9. The van der Waals surface area contributed by atoms with E-state index in [1.807, 2.05) is 0 Å². The Kier molecular flexibility index (Phi) is 1.88. The lowest BCUT2D eigenvalue weighted by atomic mass is 10.1. The van der Waals surface area contributed by atoms with Gasteiger partial charge in [-0.1, -0.05) is 0 Å². The van der Waals surface area contributed by atoms with E-state index in [0.717, 1.165) is 5.92 Å². The third kappa shape index (κ3) is 1.15. The molecule has 0 aromatic heterocycles. The minimum Gasteiger partial charge on any atom is -1.00 e. The monoisotopic (exact) mass is 191 g/mol. The van der Waals surface area contributed by atoms with Crippen molar-refractivity contribution in [3.05, 3.63) is 0 Å². The van der Waals surface area contributed by atoms with Crippen LogP contribution in [0.1, 0.15) is 12.8 Å². The molecule has 0 unspecified atom stereocenters. The largest absolute Gasteiger partial charge is 1.00 e. The molecule has 0 aliphatic carbocycles. The molecule has 2 saturated heterocycles. The molecule has 54 valence electrons. The van der Waals surface area contributed by atoms with Crippen LogP contribution in [0, 0.1) is 5.92 Å². The zero-order valence-corrected chi connectivity index (χ0v) is 7.52. The van der Waals surface area contributed by atoms with Crippen molar-refractivity contribution in [3.63, 3.8) is 0 Å². The summed E-state index contributed by atoms with van der Waals surface area (Å²) in [6.45, 7) is 4.41. The highest BCUT2D eigenvalue weighted by molar-refractivity contribution is 4.72. The number of hydrogen-bond donors (Lipinski definition) is 0. The fourth-order valence-electron chi connectivity index (χ4n) is 2.23. The van der Waals surface area contributed by atoms with Crippen LogP contribution in [0.25, 0.3) is 0 Å².